The molecule has 0 atom stereocenters. The van der Waals surface area contributed by atoms with Gasteiger partial charge in [-0.25, -0.2) is 8.78 Å². The summed E-state index contributed by atoms with van der Waals surface area (Å²) in [6.45, 7) is 2.89. The highest BCUT2D eigenvalue weighted by Gasteiger charge is 2.28. The van der Waals surface area contributed by atoms with Crippen molar-refractivity contribution in [1.29, 1.82) is 5.26 Å². The van der Waals surface area contributed by atoms with Crippen LogP contribution in [0.25, 0.3) is 0 Å². The Hall–Kier alpha value is -1.14. The number of halogens is 3. The molecule has 1 aromatic carbocycles. The van der Waals surface area contributed by atoms with Crippen LogP contribution in [0.15, 0.2) is 12.1 Å². The molecule has 1 rings (SSSR count). The van der Waals surface area contributed by atoms with Crippen molar-refractivity contribution >= 4 is 11.6 Å². The smallest absolute Gasteiger partial charge is 0.132 e. The predicted molar refractivity (Wildman–Crippen MR) is 50.0 cm³/mol. The number of hydrogen-bond acceptors (Lipinski definition) is 1. The minimum atomic E-state index is -1.20. The summed E-state index contributed by atoms with van der Waals surface area (Å²) in [5, 5.41) is 8.73. The zero-order valence-corrected chi connectivity index (χ0v) is 8.49. The molecule has 0 spiro atoms. The van der Waals surface area contributed by atoms with Crippen LogP contribution in [-0.4, -0.2) is 0 Å². The highest BCUT2D eigenvalue weighted by atomic mass is 35.5. The van der Waals surface area contributed by atoms with Crippen molar-refractivity contribution in [2.45, 2.75) is 19.3 Å². The summed E-state index contributed by atoms with van der Waals surface area (Å²) < 4.78 is 26.6. The molecule has 4 heteroatoms. The van der Waals surface area contributed by atoms with Gasteiger partial charge in [-0.3, -0.25) is 0 Å². The molecule has 0 aliphatic carbocycles. The molecular formula is C10H8ClF2N. The summed E-state index contributed by atoms with van der Waals surface area (Å²) >= 11 is 5.45. The molecule has 0 aromatic heterocycles. The Kier molecular flexibility index (Phi) is 2.77. The first-order valence-electron chi connectivity index (χ1n) is 3.95. The molecule has 0 saturated carbocycles. The van der Waals surface area contributed by atoms with Gasteiger partial charge < -0.3 is 0 Å². The van der Waals surface area contributed by atoms with Crippen LogP contribution in [0, 0.1) is 23.0 Å². The molecule has 0 N–H and O–H groups in total. The lowest BCUT2D eigenvalue weighted by molar-refractivity contribution is 0.509. The van der Waals surface area contributed by atoms with Crippen LogP contribution in [0.4, 0.5) is 8.78 Å². The molecule has 1 aromatic rings. The van der Waals surface area contributed by atoms with Gasteiger partial charge in [0.2, 0.25) is 0 Å². The summed E-state index contributed by atoms with van der Waals surface area (Å²) in [5.41, 5.74) is -1.44. The SMILES string of the molecule is CC(C)(C#N)c1c(F)cc(Cl)cc1F. The van der Waals surface area contributed by atoms with E-state index in [0.29, 0.717) is 0 Å². The van der Waals surface area contributed by atoms with E-state index in [-0.39, 0.29) is 10.6 Å². The first kappa shape index (κ1) is 10.9. The Balaban J connectivity index is 3.44. The Labute approximate surface area is 85.9 Å². The minimum Gasteiger partial charge on any atom is -0.206 e. The van der Waals surface area contributed by atoms with E-state index in [4.69, 9.17) is 16.9 Å². The van der Waals surface area contributed by atoms with Crippen LogP contribution < -0.4 is 0 Å². The number of benzene rings is 1. The van der Waals surface area contributed by atoms with E-state index >= 15 is 0 Å². The van der Waals surface area contributed by atoms with E-state index < -0.39 is 17.0 Å². The van der Waals surface area contributed by atoms with Crippen LogP contribution in [0.2, 0.25) is 5.02 Å². The number of nitrogens with zero attached hydrogens (tertiary/aromatic N) is 1. The third kappa shape index (κ3) is 1.85. The molecule has 0 radical (unpaired) electrons. The van der Waals surface area contributed by atoms with E-state index in [2.05, 4.69) is 0 Å². The van der Waals surface area contributed by atoms with Gasteiger partial charge in [0.25, 0.3) is 0 Å². The molecule has 0 saturated heterocycles. The number of hydrogen-bond donors (Lipinski definition) is 0. The lowest BCUT2D eigenvalue weighted by atomic mass is 9.85. The fraction of sp³-hybridized carbons (Fsp3) is 0.300. The zero-order chi connectivity index (χ0) is 10.9. The topological polar surface area (TPSA) is 23.8 Å². The van der Waals surface area contributed by atoms with Crippen molar-refractivity contribution in [3.63, 3.8) is 0 Å². The quantitative estimate of drug-likeness (QED) is 0.704. The molecule has 0 bridgehead atoms. The van der Waals surface area contributed by atoms with Gasteiger partial charge in [0, 0.05) is 10.6 Å². The van der Waals surface area contributed by atoms with Gasteiger partial charge in [-0.05, 0) is 26.0 Å². The van der Waals surface area contributed by atoms with Crippen molar-refractivity contribution in [1.82, 2.24) is 0 Å². The fourth-order valence-electron chi connectivity index (χ4n) is 1.20. The normalized spacial score (nSPS) is 11.1. The maximum absolute atomic E-state index is 13.3. The molecule has 0 aliphatic heterocycles. The van der Waals surface area contributed by atoms with Crippen molar-refractivity contribution in [3.05, 3.63) is 34.4 Å². The van der Waals surface area contributed by atoms with Crippen molar-refractivity contribution in [2.24, 2.45) is 0 Å². The highest BCUT2D eigenvalue weighted by molar-refractivity contribution is 6.30. The Bertz CT molecular complexity index is 384. The monoisotopic (exact) mass is 215 g/mol. The maximum Gasteiger partial charge on any atom is 0.132 e. The summed E-state index contributed by atoms with van der Waals surface area (Å²) in [4.78, 5) is 0. The van der Waals surface area contributed by atoms with Crippen LogP contribution >= 0.6 is 11.6 Å². The average Bonchev–Trinajstić information content (AvgIpc) is 2.01. The molecule has 0 amide bonds. The van der Waals surface area contributed by atoms with Crippen LogP contribution in [0.1, 0.15) is 19.4 Å². The largest absolute Gasteiger partial charge is 0.206 e. The fourth-order valence-corrected chi connectivity index (χ4v) is 1.39. The second-order valence-corrected chi connectivity index (χ2v) is 3.92. The molecule has 0 heterocycles. The third-order valence-corrected chi connectivity index (χ3v) is 2.13. The van der Waals surface area contributed by atoms with E-state index in [0.717, 1.165) is 12.1 Å². The summed E-state index contributed by atoms with van der Waals surface area (Å²) in [6, 6.07) is 3.83. The molecule has 14 heavy (non-hydrogen) atoms. The van der Waals surface area contributed by atoms with Gasteiger partial charge in [-0.1, -0.05) is 11.6 Å². The van der Waals surface area contributed by atoms with Crippen LogP contribution in [0.3, 0.4) is 0 Å². The van der Waals surface area contributed by atoms with E-state index in [1.807, 2.05) is 6.07 Å². The molecule has 0 aliphatic rings. The first-order chi connectivity index (χ1) is 6.38. The van der Waals surface area contributed by atoms with Crippen molar-refractivity contribution < 1.29 is 8.78 Å². The van der Waals surface area contributed by atoms with E-state index in [1.165, 1.54) is 13.8 Å². The number of nitriles is 1. The van der Waals surface area contributed by atoms with E-state index in [9.17, 15) is 8.78 Å². The van der Waals surface area contributed by atoms with Crippen molar-refractivity contribution in [2.75, 3.05) is 0 Å². The van der Waals surface area contributed by atoms with Gasteiger partial charge in [0.05, 0.1) is 11.5 Å². The highest BCUT2D eigenvalue weighted by Crippen LogP contribution is 2.29. The Morgan fingerprint density at radius 3 is 2.07 bits per heavy atom. The Morgan fingerprint density at radius 1 is 1.29 bits per heavy atom. The molecule has 74 valence electrons. The predicted octanol–water partition coefficient (Wildman–Crippen LogP) is 3.42. The maximum atomic E-state index is 13.3. The van der Waals surface area contributed by atoms with E-state index in [1.54, 1.807) is 0 Å². The molecule has 0 unspecified atom stereocenters. The molecular weight excluding hydrogens is 208 g/mol. The number of rotatable bonds is 1. The lowest BCUT2D eigenvalue weighted by Crippen LogP contribution is -2.18. The minimum absolute atomic E-state index is 0.0162. The van der Waals surface area contributed by atoms with Crippen molar-refractivity contribution in [3.8, 4) is 6.07 Å². The molecule has 1 nitrogen and oxygen atoms in total. The lowest BCUT2D eigenvalue weighted by Gasteiger charge is -2.17. The summed E-state index contributed by atoms with van der Waals surface area (Å²) in [7, 11) is 0. The summed E-state index contributed by atoms with van der Waals surface area (Å²) in [6.07, 6.45) is 0. The van der Waals surface area contributed by atoms with Gasteiger partial charge in [0.1, 0.15) is 11.6 Å². The van der Waals surface area contributed by atoms with Gasteiger partial charge in [-0.15, -0.1) is 0 Å². The van der Waals surface area contributed by atoms with Crippen LogP contribution in [-0.2, 0) is 5.41 Å². The Morgan fingerprint density at radius 2 is 1.71 bits per heavy atom. The average molecular weight is 216 g/mol. The first-order valence-corrected chi connectivity index (χ1v) is 4.32. The second kappa shape index (κ2) is 3.55. The van der Waals surface area contributed by atoms with Gasteiger partial charge in [-0.2, -0.15) is 5.26 Å². The zero-order valence-electron chi connectivity index (χ0n) is 7.74. The van der Waals surface area contributed by atoms with Crippen LogP contribution in [0.5, 0.6) is 0 Å². The second-order valence-electron chi connectivity index (χ2n) is 3.48. The molecule has 0 fully saturated rings. The van der Waals surface area contributed by atoms with Gasteiger partial charge in [0.15, 0.2) is 0 Å². The summed E-state index contributed by atoms with van der Waals surface area (Å²) in [5.74, 6) is -1.58. The standard InChI is InChI=1S/C10H8ClF2N/c1-10(2,5-14)9-7(12)3-6(11)4-8(9)13/h3-4H,1-2H3. The van der Waals surface area contributed by atoms with Gasteiger partial charge >= 0.3 is 0 Å². The third-order valence-electron chi connectivity index (χ3n) is 1.91.